The number of aromatic nitrogens is 4. The molecule has 6 nitrogen and oxygen atoms in total. The third-order valence-corrected chi connectivity index (χ3v) is 6.85. The van der Waals surface area contributed by atoms with E-state index in [-0.39, 0.29) is 29.0 Å². The summed E-state index contributed by atoms with van der Waals surface area (Å²) in [6.45, 7) is -0.267. The second-order valence-corrected chi connectivity index (χ2v) is 10.0. The number of halogens is 7. The minimum absolute atomic E-state index is 0.0741. The van der Waals surface area contributed by atoms with Gasteiger partial charge in [-0.25, -0.2) is 9.67 Å². The van der Waals surface area contributed by atoms with Gasteiger partial charge in [0.15, 0.2) is 0 Å². The smallest absolute Gasteiger partial charge is 0.252 e. The van der Waals surface area contributed by atoms with Crippen molar-refractivity contribution in [2.45, 2.75) is 18.9 Å². The highest BCUT2D eigenvalue weighted by Gasteiger charge is 2.37. The summed E-state index contributed by atoms with van der Waals surface area (Å²) in [5, 5.41) is 14.2. The Labute approximate surface area is 229 Å². The van der Waals surface area contributed by atoms with Crippen LogP contribution in [-0.4, -0.2) is 25.7 Å². The minimum atomic E-state index is -5.01. The van der Waals surface area contributed by atoms with Gasteiger partial charge in [-0.05, 0) is 42.5 Å². The van der Waals surface area contributed by atoms with Gasteiger partial charge in [-0.2, -0.15) is 31.4 Å². The molecule has 0 bridgehead atoms. The van der Waals surface area contributed by atoms with E-state index in [1.165, 1.54) is 16.0 Å². The summed E-state index contributed by atoms with van der Waals surface area (Å²) in [5.41, 5.74) is 1.73. The zero-order chi connectivity index (χ0) is 27.8. The van der Waals surface area contributed by atoms with Crippen molar-refractivity contribution in [1.82, 2.24) is 20.0 Å². The van der Waals surface area contributed by atoms with Crippen molar-refractivity contribution in [1.29, 1.82) is 0 Å². The first-order valence-electron chi connectivity index (χ1n) is 11.1. The number of fused-ring (bicyclic) bond motifs is 1. The van der Waals surface area contributed by atoms with E-state index in [1.807, 2.05) is 24.3 Å². The van der Waals surface area contributed by atoms with E-state index in [2.05, 4.69) is 41.8 Å². The summed E-state index contributed by atoms with van der Waals surface area (Å²) in [6, 6.07) is 15.5. The lowest BCUT2D eigenvalue weighted by Gasteiger charge is -2.15. The number of nitrogens with zero attached hydrogens (tertiary/aromatic N) is 5. The molecule has 0 aliphatic heterocycles. The monoisotopic (exact) mass is 624 g/mol. The van der Waals surface area contributed by atoms with E-state index in [0.29, 0.717) is 28.9 Å². The Morgan fingerprint density at radius 3 is 2.26 bits per heavy atom. The first-order chi connectivity index (χ1) is 18.5. The molecule has 0 aliphatic rings. The first kappa shape index (κ1) is 26.8. The van der Waals surface area contributed by atoms with Gasteiger partial charge in [0, 0.05) is 21.0 Å². The molecule has 14 heteroatoms. The Bertz CT molecular complexity index is 1620. The van der Waals surface area contributed by atoms with E-state index < -0.39 is 23.5 Å². The molecule has 0 fully saturated rings. The number of nitrogens with one attached hydrogen (secondary N) is 1. The predicted molar refractivity (Wildman–Crippen MR) is 139 cm³/mol. The van der Waals surface area contributed by atoms with Crippen LogP contribution in [0.1, 0.15) is 16.7 Å². The van der Waals surface area contributed by atoms with Crippen molar-refractivity contribution in [2.75, 3.05) is 5.43 Å². The van der Waals surface area contributed by atoms with Crippen molar-refractivity contribution in [2.24, 2.45) is 5.10 Å². The standard InChI is InChI=1S/C25H15BrF6N6S/c26-18-7-5-14(6-8-18)21-13-39-23(33-21)36-34-20(12-38-22-4-2-1-3-19(22)35-37-38)15-9-16(24(27,28)29)11-17(10-15)25(30,31)32/h1-11,13H,12H2,(H,33,36)/b34-20-. The highest BCUT2D eigenvalue weighted by atomic mass is 79.9. The van der Waals surface area contributed by atoms with Gasteiger partial charge in [0.2, 0.25) is 5.13 Å². The summed E-state index contributed by atoms with van der Waals surface area (Å²) in [7, 11) is 0. The highest BCUT2D eigenvalue weighted by molar-refractivity contribution is 9.10. The van der Waals surface area contributed by atoms with Crippen LogP contribution in [0.5, 0.6) is 0 Å². The van der Waals surface area contributed by atoms with E-state index in [4.69, 9.17) is 0 Å². The van der Waals surface area contributed by atoms with Crippen molar-refractivity contribution in [3.05, 3.63) is 93.3 Å². The summed E-state index contributed by atoms with van der Waals surface area (Å²) >= 11 is 4.53. The van der Waals surface area contributed by atoms with Gasteiger partial charge in [0.25, 0.3) is 0 Å². The van der Waals surface area contributed by atoms with Crippen LogP contribution < -0.4 is 5.43 Å². The number of alkyl halides is 6. The van der Waals surface area contributed by atoms with E-state index in [9.17, 15) is 26.3 Å². The SMILES string of the molecule is FC(F)(F)c1cc(/C(Cn2nnc3ccccc32)=N\Nc2nc(-c3ccc(Br)cc3)cs2)cc(C(F)(F)F)c1. The first-order valence-corrected chi connectivity index (χ1v) is 12.8. The normalized spacial score (nSPS) is 12.7. The molecule has 0 saturated heterocycles. The van der Waals surface area contributed by atoms with Crippen LogP contribution in [0, 0.1) is 0 Å². The van der Waals surface area contributed by atoms with Gasteiger partial charge < -0.3 is 0 Å². The molecule has 39 heavy (non-hydrogen) atoms. The van der Waals surface area contributed by atoms with Crippen LogP contribution in [0.4, 0.5) is 31.5 Å². The predicted octanol–water partition coefficient (Wildman–Crippen LogP) is 7.87. The number of hydrazone groups is 1. The van der Waals surface area contributed by atoms with Crippen molar-refractivity contribution < 1.29 is 26.3 Å². The Hall–Kier alpha value is -3.78. The second kappa shape index (κ2) is 10.4. The molecule has 3 aromatic carbocycles. The lowest BCUT2D eigenvalue weighted by molar-refractivity contribution is -0.143. The van der Waals surface area contributed by atoms with Gasteiger partial charge in [-0.1, -0.05) is 45.4 Å². The van der Waals surface area contributed by atoms with Gasteiger partial charge in [0.1, 0.15) is 5.52 Å². The molecule has 5 rings (SSSR count). The van der Waals surface area contributed by atoms with Crippen LogP contribution in [0.2, 0.25) is 0 Å². The van der Waals surface area contributed by atoms with E-state index >= 15 is 0 Å². The molecule has 0 atom stereocenters. The maximum atomic E-state index is 13.6. The van der Waals surface area contributed by atoms with E-state index in [0.717, 1.165) is 10.0 Å². The number of benzene rings is 3. The fraction of sp³-hybridized carbons (Fsp3) is 0.120. The highest BCUT2D eigenvalue weighted by Crippen LogP contribution is 2.36. The van der Waals surface area contributed by atoms with Crippen molar-refractivity contribution >= 4 is 49.1 Å². The van der Waals surface area contributed by atoms with Crippen LogP contribution in [0.3, 0.4) is 0 Å². The summed E-state index contributed by atoms with van der Waals surface area (Å²) < 4.78 is 83.6. The molecule has 0 spiro atoms. The van der Waals surface area contributed by atoms with Crippen LogP contribution in [-0.2, 0) is 18.9 Å². The van der Waals surface area contributed by atoms with Crippen molar-refractivity contribution in [3.8, 4) is 11.3 Å². The van der Waals surface area contributed by atoms with Crippen LogP contribution in [0.25, 0.3) is 22.3 Å². The summed E-state index contributed by atoms with van der Waals surface area (Å²) in [4.78, 5) is 4.43. The molecule has 5 aromatic rings. The molecular weight excluding hydrogens is 610 g/mol. The Morgan fingerprint density at radius 2 is 1.59 bits per heavy atom. The topological polar surface area (TPSA) is 68.0 Å². The van der Waals surface area contributed by atoms with Gasteiger partial charge in [0.05, 0.1) is 34.6 Å². The quantitative estimate of drug-likeness (QED) is 0.119. The molecule has 2 heterocycles. The molecule has 2 aromatic heterocycles. The molecule has 200 valence electrons. The molecule has 1 N–H and O–H groups in total. The molecule has 0 aliphatic carbocycles. The lowest BCUT2D eigenvalue weighted by Crippen LogP contribution is -2.18. The molecular formula is C25H15BrF6N6S. The number of anilines is 1. The van der Waals surface area contributed by atoms with Crippen LogP contribution in [0.15, 0.2) is 81.7 Å². The fourth-order valence-electron chi connectivity index (χ4n) is 3.68. The van der Waals surface area contributed by atoms with Gasteiger partial charge in [-0.3, -0.25) is 5.43 Å². The number of hydrogen-bond donors (Lipinski definition) is 1. The van der Waals surface area contributed by atoms with Crippen molar-refractivity contribution in [3.63, 3.8) is 0 Å². The Kier molecular flexibility index (Phi) is 7.16. The maximum absolute atomic E-state index is 13.6. The molecule has 0 saturated carbocycles. The average molecular weight is 625 g/mol. The average Bonchev–Trinajstić information content (AvgIpc) is 3.53. The van der Waals surface area contributed by atoms with Gasteiger partial charge in [-0.15, -0.1) is 16.4 Å². The molecule has 0 unspecified atom stereocenters. The number of hydrogen-bond acceptors (Lipinski definition) is 6. The summed E-state index contributed by atoms with van der Waals surface area (Å²) in [6.07, 6.45) is -10.0. The third kappa shape index (κ3) is 6.11. The Morgan fingerprint density at radius 1 is 0.923 bits per heavy atom. The number of para-hydroxylation sites is 1. The zero-order valence-corrected chi connectivity index (χ0v) is 21.8. The van der Waals surface area contributed by atoms with Gasteiger partial charge >= 0.3 is 12.4 Å². The zero-order valence-electron chi connectivity index (χ0n) is 19.4. The molecule has 0 amide bonds. The lowest BCUT2D eigenvalue weighted by atomic mass is 10.0. The maximum Gasteiger partial charge on any atom is 0.416 e. The largest absolute Gasteiger partial charge is 0.416 e. The summed E-state index contributed by atoms with van der Waals surface area (Å²) in [5.74, 6) is 0. The van der Waals surface area contributed by atoms with E-state index in [1.54, 1.807) is 29.6 Å². The number of rotatable bonds is 6. The fourth-order valence-corrected chi connectivity index (χ4v) is 4.61. The molecule has 0 radical (unpaired) electrons. The second-order valence-electron chi connectivity index (χ2n) is 8.25. The number of thiazole rings is 1. The Balaban J connectivity index is 1.56. The third-order valence-electron chi connectivity index (χ3n) is 5.57. The minimum Gasteiger partial charge on any atom is -0.252 e. The van der Waals surface area contributed by atoms with Crippen LogP contribution >= 0.6 is 27.3 Å².